The molecule has 0 spiro atoms. The molecule has 0 aromatic heterocycles. The molecule has 0 aliphatic carbocycles. The Morgan fingerprint density at radius 1 is 1.10 bits per heavy atom. The number of amides is 1. The van der Waals surface area contributed by atoms with Crippen LogP contribution >= 0.6 is 43.6 Å². The van der Waals surface area contributed by atoms with Crippen LogP contribution in [0, 0.1) is 0 Å². The molecule has 0 saturated carbocycles. The van der Waals surface area contributed by atoms with E-state index in [0.29, 0.717) is 42.7 Å². The lowest BCUT2D eigenvalue weighted by atomic mass is 10.1. The molecule has 0 atom stereocenters. The van der Waals surface area contributed by atoms with Crippen LogP contribution in [-0.4, -0.2) is 35.7 Å². The average molecular weight is 568 g/mol. The van der Waals surface area contributed by atoms with Gasteiger partial charge in [0.1, 0.15) is 6.61 Å². The van der Waals surface area contributed by atoms with Crippen LogP contribution in [0.2, 0.25) is 0 Å². The van der Waals surface area contributed by atoms with Gasteiger partial charge in [-0.05, 0) is 89.9 Å². The van der Waals surface area contributed by atoms with Crippen molar-refractivity contribution in [3.63, 3.8) is 0 Å². The van der Waals surface area contributed by atoms with Crippen molar-refractivity contribution in [3.8, 4) is 11.5 Å². The fraction of sp³-hybridized carbons (Fsp3) is 0.304. The van der Waals surface area contributed by atoms with Crippen molar-refractivity contribution >= 4 is 60.8 Å². The normalized spacial score (nSPS) is 16.4. The van der Waals surface area contributed by atoms with Crippen LogP contribution < -0.4 is 9.47 Å². The lowest BCUT2D eigenvalue weighted by molar-refractivity contribution is -0.122. The Bertz CT molecular complexity index is 1010. The SMILES string of the molecule is CCN=C1S/C(=C/c2cc(Br)c(OCc3ccc(Br)cc3)c(OCC)c2)C(=O)N1CC. The summed E-state index contributed by atoms with van der Waals surface area (Å²) in [5, 5.41) is 0.750. The minimum atomic E-state index is -0.0238. The van der Waals surface area contributed by atoms with Crippen molar-refractivity contribution in [2.75, 3.05) is 19.7 Å². The van der Waals surface area contributed by atoms with E-state index in [1.54, 1.807) is 4.90 Å². The lowest BCUT2D eigenvalue weighted by Crippen LogP contribution is -2.28. The van der Waals surface area contributed by atoms with Gasteiger partial charge in [0.25, 0.3) is 5.91 Å². The first-order valence-corrected chi connectivity index (χ1v) is 12.5. The summed E-state index contributed by atoms with van der Waals surface area (Å²) >= 11 is 8.46. The van der Waals surface area contributed by atoms with Gasteiger partial charge in [-0.25, -0.2) is 0 Å². The number of hydrogen-bond donors (Lipinski definition) is 0. The molecular formula is C23H24Br2N2O3S. The van der Waals surface area contributed by atoms with Gasteiger partial charge in [0.15, 0.2) is 16.7 Å². The maximum absolute atomic E-state index is 12.8. The van der Waals surface area contributed by atoms with Crippen molar-refractivity contribution in [1.82, 2.24) is 4.90 Å². The highest BCUT2D eigenvalue weighted by atomic mass is 79.9. The van der Waals surface area contributed by atoms with E-state index >= 15 is 0 Å². The molecule has 1 aliphatic heterocycles. The van der Waals surface area contributed by atoms with E-state index in [9.17, 15) is 4.79 Å². The van der Waals surface area contributed by atoms with Gasteiger partial charge in [-0.1, -0.05) is 28.1 Å². The van der Waals surface area contributed by atoms with Crippen molar-refractivity contribution < 1.29 is 14.3 Å². The monoisotopic (exact) mass is 566 g/mol. The van der Waals surface area contributed by atoms with Crippen LogP contribution in [-0.2, 0) is 11.4 Å². The highest BCUT2D eigenvalue weighted by molar-refractivity contribution is 9.10. The molecule has 1 amide bonds. The van der Waals surface area contributed by atoms with Gasteiger partial charge >= 0.3 is 0 Å². The summed E-state index contributed by atoms with van der Waals surface area (Å²) in [7, 11) is 0. The highest BCUT2D eigenvalue weighted by Gasteiger charge is 2.31. The fourth-order valence-corrected chi connectivity index (χ4v) is 4.95. The Balaban J connectivity index is 1.87. The Morgan fingerprint density at radius 3 is 2.48 bits per heavy atom. The van der Waals surface area contributed by atoms with Gasteiger partial charge in [0.2, 0.25) is 0 Å². The quantitative estimate of drug-likeness (QED) is 0.342. The minimum absolute atomic E-state index is 0.0238. The number of benzene rings is 2. The van der Waals surface area contributed by atoms with E-state index in [1.807, 2.05) is 63.2 Å². The number of amidine groups is 1. The number of carbonyl (C=O) groups is 1. The molecule has 0 unspecified atom stereocenters. The number of halogens is 2. The number of ether oxygens (including phenoxy) is 2. The standard InChI is InChI=1S/C23H24Br2N2O3S/c1-4-26-23-27(5-2)22(28)20(31-23)13-16-11-18(25)21(19(12-16)29-6-3)30-14-15-7-9-17(24)10-8-15/h7-13H,4-6,14H2,1-3H3/b20-13+,26-23?. The van der Waals surface area contributed by atoms with Crippen LogP contribution in [0.15, 0.2) is 55.2 Å². The molecule has 5 nitrogen and oxygen atoms in total. The fourth-order valence-electron chi connectivity index (χ4n) is 3.00. The molecule has 2 aromatic rings. The Kier molecular flexibility index (Phi) is 8.63. The molecule has 1 heterocycles. The highest BCUT2D eigenvalue weighted by Crippen LogP contribution is 2.39. The number of likely N-dealkylation sites (N-methyl/N-ethyl adjacent to an activating group) is 1. The molecule has 2 aromatic carbocycles. The summed E-state index contributed by atoms with van der Waals surface area (Å²) in [6.07, 6.45) is 1.87. The van der Waals surface area contributed by atoms with Crippen molar-refractivity contribution in [2.45, 2.75) is 27.4 Å². The zero-order valence-electron chi connectivity index (χ0n) is 17.7. The van der Waals surface area contributed by atoms with Crippen molar-refractivity contribution in [3.05, 3.63) is 61.4 Å². The van der Waals surface area contributed by atoms with Crippen LogP contribution in [0.25, 0.3) is 6.08 Å². The summed E-state index contributed by atoms with van der Waals surface area (Å²) in [4.78, 5) is 19.5. The molecule has 0 N–H and O–H groups in total. The topological polar surface area (TPSA) is 51.1 Å². The molecule has 0 bridgehead atoms. The second kappa shape index (κ2) is 11.2. The molecule has 3 rings (SSSR count). The van der Waals surface area contributed by atoms with Gasteiger partial charge in [0.05, 0.1) is 16.0 Å². The Hall–Kier alpha value is -1.77. The van der Waals surface area contributed by atoms with Crippen molar-refractivity contribution in [2.24, 2.45) is 4.99 Å². The van der Waals surface area contributed by atoms with E-state index in [2.05, 4.69) is 36.9 Å². The second-order valence-electron chi connectivity index (χ2n) is 6.60. The largest absolute Gasteiger partial charge is 0.490 e. The van der Waals surface area contributed by atoms with Crippen LogP contribution in [0.1, 0.15) is 31.9 Å². The van der Waals surface area contributed by atoms with Gasteiger partial charge in [-0.15, -0.1) is 0 Å². The molecule has 0 radical (unpaired) electrons. The maximum Gasteiger partial charge on any atom is 0.266 e. The third-order valence-electron chi connectivity index (χ3n) is 4.42. The number of aliphatic imine (C=N–C) groups is 1. The number of rotatable bonds is 8. The molecule has 31 heavy (non-hydrogen) atoms. The molecule has 1 aliphatic rings. The van der Waals surface area contributed by atoms with Crippen LogP contribution in [0.3, 0.4) is 0 Å². The van der Waals surface area contributed by atoms with E-state index in [4.69, 9.17) is 9.47 Å². The summed E-state index contributed by atoms with van der Waals surface area (Å²) in [5.74, 6) is 1.25. The van der Waals surface area contributed by atoms with Gasteiger partial charge in [-0.3, -0.25) is 14.7 Å². The third-order valence-corrected chi connectivity index (χ3v) is 6.59. The van der Waals surface area contributed by atoms with Crippen molar-refractivity contribution in [1.29, 1.82) is 0 Å². The predicted molar refractivity (Wildman–Crippen MR) is 135 cm³/mol. The summed E-state index contributed by atoms with van der Waals surface area (Å²) in [6.45, 7) is 8.01. The van der Waals surface area contributed by atoms with Crippen LogP contribution in [0.5, 0.6) is 11.5 Å². The van der Waals surface area contributed by atoms with E-state index in [-0.39, 0.29) is 5.91 Å². The minimum Gasteiger partial charge on any atom is -0.490 e. The molecular weight excluding hydrogens is 544 g/mol. The lowest BCUT2D eigenvalue weighted by Gasteiger charge is -2.15. The second-order valence-corrected chi connectivity index (χ2v) is 9.37. The number of thioether (sulfide) groups is 1. The summed E-state index contributed by atoms with van der Waals surface area (Å²) in [5.41, 5.74) is 1.91. The van der Waals surface area contributed by atoms with Gasteiger partial charge in [0, 0.05) is 17.6 Å². The Morgan fingerprint density at radius 2 is 1.84 bits per heavy atom. The van der Waals surface area contributed by atoms with E-state index < -0.39 is 0 Å². The summed E-state index contributed by atoms with van der Waals surface area (Å²) < 4.78 is 13.7. The number of hydrogen-bond acceptors (Lipinski definition) is 5. The third kappa shape index (κ3) is 5.93. The zero-order chi connectivity index (χ0) is 22.4. The first kappa shape index (κ1) is 23.9. The Labute approximate surface area is 204 Å². The first-order chi connectivity index (χ1) is 15.0. The van der Waals surface area contributed by atoms with Gasteiger partial charge in [-0.2, -0.15) is 0 Å². The van der Waals surface area contributed by atoms with Gasteiger partial charge < -0.3 is 9.47 Å². The molecule has 8 heteroatoms. The van der Waals surface area contributed by atoms with Crippen LogP contribution in [0.4, 0.5) is 0 Å². The average Bonchev–Trinajstić information content (AvgIpc) is 3.03. The number of nitrogens with zero attached hydrogens (tertiary/aromatic N) is 2. The molecule has 1 fully saturated rings. The molecule has 1 saturated heterocycles. The smallest absolute Gasteiger partial charge is 0.266 e. The zero-order valence-corrected chi connectivity index (χ0v) is 21.6. The summed E-state index contributed by atoms with van der Waals surface area (Å²) in [6, 6.07) is 11.8. The predicted octanol–water partition coefficient (Wildman–Crippen LogP) is 6.50. The molecule has 164 valence electrons. The first-order valence-electron chi connectivity index (χ1n) is 10.1. The number of carbonyl (C=O) groups excluding carboxylic acids is 1. The van der Waals surface area contributed by atoms with E-state index in [1.165, 1.54) is 11.8 Å². The maximum atomic E-state index is 12.8. The van der Waals surface area contributed by atoms with E-state index in [0.717, 1.165) is 25.2 Å².